The molecule has 37 heavy (non-hydrogen) atoms. The van der Waals surface area contributed by atoms with Crippen LogP contribution >= 0.6 is 11.6 Å². The summed E-state index contributed by atoms with van der Waals surface area (Å²) in [6.45, 7) is 9.12. The molecule has 0 radical (unpaired) electrons. The maximum atomic E-state index is 8.83. The second-order valence-corrected chi connectivity index (χ2v) is 9.40. The van der Waals surface area contributed by atoms with Gasteiger partial charge in [-0.15, -0.1) is 0 Å². The minimum absolute atomic E-state index is 0.196. The quantitative estimate of drug-likeness (QED) is 0.253. The molecule has 0 saturated heterocycles. The summed E-state index contributed by atoms with van der Waals surface area (Å²) in [4.78, 5) is 10.8. The number of nitrogens with two attached hydrogens (primary N) is 1. The van der Waals surface area contributed by atoms with Gasteiger partial charge in [0.25, 0.3) is 0 Å². The predicted octanol–water partition coefficient (Wildman–Crippen LogP) is 6.69. The van der Waals surface area contributed by atoms with Crippen LogP contribution in [0.15, 0.2) is 85.3 Å². The number of nitrogens with one attached hydrogen (secondary N) is 2. The van der Waals surface area contributed by atoms with E-state index in [2.05, 4.69) is 77.0 Å². The zero-order chi connectivity index (χ0) is 26.1. The third kappa shape index (κ3) is 4.59. The topological polar surface area (TPSA) is 90.9 Å². The first-order valence-corrected chi connectivity index (χ1v) is 12.3. The number of hydrogen-bond acceptors (Lipinski definition) is 6. The van der Waals surface area contributed by atoms with Crippen molar-refractivity contribution in [2.24, 2.45) is 0 Å². The van der Waals surface area contributed by atoms with Crippen LogP contribution in [0.25, 0.3) is 11.8 Å². The largest absolute Gasteiger partial charge is 0.383 e. The van der Waals surface area contributed by atoms with Gasteiger partial charge in [0.15, 0.2) is 0 Å². The van der Waals surface area contributed by atoms with Crippen LogP contribution in [0.2, 0.25) is 5.02 Å². The molecule has 0 spiro atoms. The molecule has 0 fully saturated rings. The van der Waals surface area contributed by atoms with E-state index in [1.807, 2.05) is 18.2 Å². The summed E-state index contributed by atoms with van der Waals surface area (Å²) in [5.74, 6) is 0.699. The van der Waals surface area contributed by atoms with Crippen molar-refractivity contribution in [1.82, 2.24) is 9.97 Å². The van der Waals surface area contributed by atoms with Crippen molar-refractivity contribution in [2.75, 3.05) is 22.5 Å². The van der Waals surface area contributed by atoms with Crippen LogP contribution in [0.1, 0.15) is 33.4 Å². The number of para-hydroxylation sites is 1. The molecule has 5 rings (SSSR count). The minimum Gasteiger partial charge on any atom is -0.383 e. The molecule has 0 saturated carbocycles. The minimum atomic E-state index is 0.196. The third-order valence-corrected chi connectivity index (χ3v) is 6.74. The van der Waals surface area contributed by atoms with Gasteiger partial charge in [-0.1, -0.05) is 66.7 Å². The molecule has 4 aromatic rings. The Bertz CT molecular complexity index is 1570. The van der Waals surface area contributed by atoms with Gasteiger partial charge in [0, 0.05) is 33.2 Å². The first-order chi connectivity index (χ1) is 17.8. The first kappa shape index (κ1) is 24.3. The lowest BCUT2D eigenvalue weighted by Gasteiger charge is -2.35. The summed E-state index contributed by atoms with van der Waals surface area (Å²) in [5, 5.41) is 12.8. The first-order valence-electron chi connectivity index (χ1n) is 11.9. The smallest absolute Gasteiger partial charge is 0.141 e. The number of aryl methyl sites for hydroxylation is 2. The molecule has 0 amide bonds. The summed E-state index contributed by atoms with van der Waals surface area (Å²) in [5.41, 5.74) is 15.0. The lowest BCUT2D eigenvalue weighted by Crippen LogP contribution is -2.29. The molecule has 6 nitrogen and oxygen atoms in total. The van der Waals surface area contributed by atoms with Gasteiger partial charge in [-0.3, -0.25) is 5.41 Å². The van der Waals surface area contributed by atoms with Gasteiger partial charge in [-0.25, -0.2) is 9.97 Å². The van der Waals surface area contributed by atoms with E-state index in [1.54, 1.807) is 18.2 Å². The molecular formula is C30H27ClN6. The molecule has 184 valence electrons. The number of hydrogen-bond donors (Lipinski definition) is 3. The fourth-order valence-corrected chi connectivity index (χ4v) is 4.91. The average molecular weight is 507 g/mol. The number of benzene rings is 3. The molecule has 1 aliphatic rings. The highest BCUT2D eigenvalue weighted by atomic mass is 35.5. The Morgan fingerprint density at radius 1 is 1.03 bits per heavy atom. The van der Waals surface area contributed by atoms with E-state index in [0.29, 0.717) is 28.5 Å². The fourth-order valence-electron chi connectivity index (χ4n) is 4.72. The average Bonchev–Trinajstić information content (AvgIpc) is 2.88. The summed E-state index contributed by atoms with van der Waals surface area (Å²) in [6.07, 6.45) is 3.57. The van der Waals surface area contributed by atoms with E-state index in [1.165, 1.54) is 11.9 Å². The van der Waals surface area contributed by atoms with Crippen molar-refractivity contribution < 1.29 is 0 Å². The van der Waals surface area contributed by atoms with Gasteiger partial charge in [0.2, 0.25) is 0 Å². The van der Waals surface area contributed by atoms with Crippen molar-refractivity contribution in [3.63, 3.8) is 0 Å². The molecule has 1 aliphatic heterocycles. The van der Waals surface area contributed by atoms with Crippen molar-refractivity contribution >= 4 is 46.4 Å². The number of nitrogens with zero attached hydrogens (tertiary/aromatic N) is 3. The van der Waals surface area contributed by atoms with E-state index >= 15 is 0 Å². The Balaban J connectivity index is 1.55. The molecule has 3 aromatic carbocycles. The Morgan fingerprint density at radius 2 is 1.78 bits per heavy atom. The number of nitrogen functional groups attached to an aromatic ring is 1. The second kappa shape index (κ2) is 9.91. The number of rotatable bonds is 6. The summed E-state index contributed by atoms with van der Waals surface area (Å²) < 4.78 is 0. The monoisotopic (exact) mass is 506 g/mol. The van der Waals surface area contributed by atoms with Gasteiger partial charge in [0.05, 0.1) is 17.8 Å². The fraction of sp³-hybridized carbons (Fsp3) is 0.100. The molecule has 2 heterocycles. The molecule has 1 aromatic heterocycles. The molecule has 4 N–H and O–H groups in total. The molecule has 7 heteroatoms. The number of halogens is 1. The van der Waals surface area contributed by atoms with Gasteiger partial charge in [0.1, 0.15) is 18.0 Å². The maximum Gasteiger partial charge on any atom is 0.141 e. The van der Waals surface area contributed by atoms with Crippen molar-refractivity contribution in [3.05, 3.63) is 124 Å². The van der Waals surface area contributed by atoms with Gasteiger partial charge in [-0.2, -0.15) is 0 Å². The standard InChI is InChI=1S/C30H27ClN6/c1-18-8-4-5-13-25(18)37-20(3)26-19(2)9-6-10-21(26)15-24(37)16-34-30-27(29(33)35-17-36-30)28(32)22-11-7-12-23(31)14-22/h4-15,17,32H,3,16H2,1-2H3,(H3,33,34,35,36). The highest BCUT2D eigenvalue weighted by molar-refractivity contribution is 6.31. The SMILES string of the molecule is C=C1c2c(C)cccc2C=C(CNc2ncnc(N)c2C(=N)c2cccc(Cl)c2)N1c1ccccc1C. The number of fused-ring (bicyclic) bond motifs is 1. The van der Waals surface area contributed by atoms with E-state index < -0.39 is 0 Å². The van der Waals surface area contributed by atoms with Crippen molar-refractivity contribution in [1.29, 1.82) is 5.41 Å². The summed E-state index contributed by atoms with van der Waals surface area (Å²) in [6, 6.07) is 21.6. The normalized spacial score (nSPS) is 12.7. The zero-order valence-corrected chi connectivity index (χ0v) is 21.5. The zero-order valence-electron chi connectivity index (χ0n) is 20.7. The van der Waals surface area contributed by atoms with E-state index in [4.69, 9.17) is 22.7 Å². The van der Waals surface area contributed by atoms with Crippen LogP contribution in [-0.2, 0) is 0 Å². The number of anilines is 3. The Labute approximate surface area is 221 Å². The summed E-state index contributed by atoms with van der Waals surface area (Å²) in [7, 11) is 0. The Kier molecular flexibility index (Phi) is 6.51. The van der Waals surface area contributed by atoms with Crippen LogP contribution < -0.4 is 16.0 Å². The van der Waals surface area contributed by atoms with Gasteiger partial charge < -0.3 is 16.0 Å². The second-order valence-electron chi connectivity index (χ2n) is 8.96. The lowest BCUT2D eigenvalue weighted by molar-refractivity contribution is 1.06. The molecule has 0 bridgehead atoms. The maximum absolute atomic E-state index is 8.83. The number of aromatic nitrogens is 2. The van der Waals surface area contributed by atoms with Gasteiger partial charge in [-0.05, 0) is 54.8 Å². The molecule has 0 unspecified atom stereocenters. The highest BCUT2D eigenvalue weighted by Crippen LogP contribution is 2.39. The highest BCUT2D eigenvalue weighted by Gasteiger charge is 2.26. The van der Waals surface area contributed by atoms with Crippen molar-refractivity contribution in [2.45, 2.75) is 13.8 Å². The molecule has 0 atom stereocenters. The van der Waals surface area contributed by atoms with Crippen LogP contribution in [0.3, 0.4) is 0 Å². The van der Waals surface area contributed by atoms with Gasteiger partial charge >= 0.3 is 0 Å². The Hall–Kier alpha value is -4.42. The molecular weight excluding hydrogens is 480 g/mol. The van der Waals surface area contributed by atoms with Crippen LogP contribution in [-0.4, -0.2) is 22.2 Å². The van der Waals surface area contributed by atoms with Crippen molar-refractivity contribution in [3.8, 4) is 0 Å². The lowest BCUT2D eigenvalue weighted by atomic mass is 9.93. The third-order valence-electron chi connectivity index (χ3n) is 6.51. The predicted molar refractivity (Wildman–Crippen MR) is 154 cm³/mol. The Morgan fingerprint density at radius 3 is 2.57 bits per heavy atom. The van der Waals surface area contributed by atoms with E-state index in [-0.39, 0.29) is 11.5 Å². The van der Waals surface area contributed by atoms with Crippen LogP contribution in [0, 0.1) is 19.3 Å². The summed E-state index contributed by atoms with van der Waals surface area (Å²) >= 11 is 6.18. The van der Waals surface area contributed by atoms with E-state index in [9.17, 15) is 0 Å². The van der Waals surface area contributed by atoms with Crippen LogP contribution in [0.5, 0.6) is 0 Å². The molecule has 0 aliphatic carbocycles. The van der Waals surface area contributed by atoms with Crippen LogP contribution in [0.4, 0.5) is 17.3 Å². The van der Waals surface area contributed by atoms with E-state index in [0.717, 1.165) is 33.8 Å².